The summed E-state index contributed by atoms with van der Waals surface area (Å²) in [5, 5.41) is 16.8. The molecule has 1 aromatic rings. The molecule has 0 aromatic carbocycles. The predicted octanol–water partition coefficient (Wildman–Crippen LogP) is -0.0328. The van der Waals surface area contributed by atoms with Crippen molar-refractivity contribution in [2.24, 2.45) is 0 Å². The Balaban J connectivity index is 2.75. The van der Waals surface area contributed by atoms with Crippen molar-refractivity contribution in [3.63, 3.8) is 0 Å². The highest BCUT2D eigenvalue weighted by atomic mass is 16.3. The van der Waals surface area contributed by atoms with E-state index < -0.39 is 0 Å². The third-order valence-electron chi connectivity index (χ3n) is 1.19. The fourth-order valence-electron chi connectivity index (χ4n) is 0.726. The molecule has 13 heavy (non-hydrogen) atoms. The Morgan fingerprint density at radius 3 is 1.85 bits per heavy atom. The molecule has 3 heteroatoms. The van der Waals surface area contributed by atoms with Crippen molar-refractivity contribution in [2.75, 3.05) is 13.2 Å². The molecule has 0 fully saturated rings. The van der Waals surface area contributed by atoms with Crippen LogP contribution in [0.3, 0.4) is 0 Å². The number of hydrogen-bond donors (Lipinski definition) is 2. The molecule has 0 bridgehead atoms. The summed E-state index contributed by atoms with van der Waals surface area (Å²) in [5.74, 6) is 11.0. The van der Waals surface area contributed by atoms with E-state index in [0.717, 1.165) is 0 Å². The first kappa shape index (κ1) is 9.41. The lowest BCUT2D eigenvalue weighted by Gasteiger charge is -1.79. The molecule has 0 radical (unpaired) electrons. The highest BCUT2D eigenvalue weighted by molar-refractivity contribution is 5.32. The molecule has 0 aliphatic rings. The number of aliphatic hydroxyl groups excluding tert-OH is 2. The normalized spacial score (nSPS) is 8.15. The van der Waals surface area contributed by atoms with Gasteiger partial charge in [0.1, 0.15) is 13.2 Å². The molecule has 0 aliphatic carbocycles. The largest absolute Gasteiger partial charge is 0.439 e. The van der Waals surface area contributed by atoms with E-state index in [1.807, 2.05) is 0 Å². The van der Waals surface area contributed by atoms with Crippen molar-refractivity contribution < 1.29 is 14.6 Å². The van der Waals surface area contributed by atoms with Gasteiger partial charge in [-0.05, 0) is 24.0 Å². The van der Waals surface area contributed by atoms with Crippen LogP contribution in [0.25, 0.3) is 0 Å². The zero-order chi connectivity index (χ0) is 9.52. The first-order chi connectivity index (χ1) is 6.36. The van der Waals surface area contributed by atoms with Crippen LogP contribution in [0.15, 0.2) is 16.5 Å². The third-order valence-corrected chi connectivity index (χ3v) is 1.19. The van der Waals surface area contributed by atoms with Crippen LogP contribution in [-0.2, 0) is 0 Å². The minimum atomic E-state index is -0.196. The average Bonchev–Trinajstić information content (AvgIpc) is 2.59. The zero-order valence-corrected chi connectivity index (χ0v) is 6.87. The second-order valence-corrected chi connectivity index (χ2v) is 2.08. The van der Waals surface area contributed by atoms with Gasteiger partial charge in [0.25, 0.3) is 0 Å². The van der Waals surface area contributed by atoms with Gasteiger partial charge < -0.3 is 14.6 Å². The van der Waals surface area contributed by atoms with E-state index in [9.17, 15) is 0 Å². The minimum Gasteiger partial charge on any atom is -0.439 e. The molecular formula is C10H8O3. The molecule has 0 saturated carbocycles. The molecular weight excluding hydrogens is 168 g/mol. The highest BCUT2D eigenvalue weighted by Crippen LogP contribution is 2.04. The molecule has 1 aromatic heterocycles. The Bertz CT molecular complexity index is 345. The lowest BCUT2D eigenvalue weighted by atomic mass is 10.4. The summed E-state index contributed by atoms with van der Waals surface area (Å²) >= 11 is 0. The summed E-state index contributed by atoms with van der Waals surface area (Å²) in [4.78, 5) is 0. The fourth-order valence-corrected chi connectivity index (χ4v) is 0.726. The summed E-state index contributed by atoms with van der Waals surface area (Å²) in [6.45, 7) is -0.392. The zero-order valence-electron chi connectivity index (χ0n) is 6.87. The van der Waals surface area contributed by atoms with Gasteiger partial charge in [-0.3, -0.25) is 0 Å². The van der Waals surface area contributed by atoms with Crippen LogP contribution in [0.2, 0.25) is 0 Å². The number of aliphatic hydroxyl groups is 2. The van der Waals surface area contributed by atoms with E-state index in [1.165, 1.54) is 0 Å². The average molecular weight is 176 g/mol. The van der Waals surface area contributed by atoms with Crippen molar-refractivity contribution in [1.29, 1.82) is 0 Å². The van der Waals surface area contributed by atoms with Gasteiger partial charge in [-0.15, -0.1) is 0 Å². The van der Waals surface area contributed by atoms with Gasteiger partial charge in [0.2, 0.25) is 0 Å². The Morgan fingerprint density at radius 2 is 1.46 bits per heavy atom. The molecule has 0 saturated heterocycles. The lowest BCUT2D eigenvalue weighted by molar-refractivity contribution is 0.350. The number of furan rings is 1. The van der Waals surface area contributed by atoms with Crippen molar-refractivity contribution in [1.82, 2.24) is 0 Å². The van der Waals surface area contributed by atoms with Crippen LogP contribution in [0.4, 0.5) is 0 Å². The van der Waals surface area contributed by atoms with Crippen LogP contribution < -0.4 is 0 Å². The van der Waals surface area contributed by atoms with Gasteiger partial charge >= 0.3 is 0 Å². The van der Waals surface area contributed by atoms with Crippen molar-refractivity contribution in [3.05, 3.63) is 23.7 Å². The van der Waals surface area contributed by atoms with Crippen molar-refractivity contribution in [3.8, 4) is 23.7 Å². The smallest absolute Gasteiger partial charge is 0.178 e. The van der Waals surface area contributed by atoms with E-state index >= 15 is 0 Å². The maximum atomic E-state index is 8.40. The van der Waals surface area contributed by atoms with Gasteiger partial charge in [0.05, 0.1) is 0 Å². The highest BCUT2D eigenvalue weighted by Gasteiger charge is 1.93. The molecule has 0 aliphatic heterocycles. The van der Waals surface area contributed by atoms with Crippen LogP contribution in [0.5, 0.6) is 0 Å². The van der Waals surface area contributed by atoms with E-state index in [-0.39, 0.29) is 13.2 Å². The molecule has 3 nitrogen and oxygen atoms in total. The topological polar surface area (TPSA) is 53.6 Å². The van der Waals surface area contributed by atoms with Crippen LogP contribution in [0, 0.1) is 23.7 Å². The molecule has 0 spiro atoms. The summed E-state index contributed by atoms with van der Waals surface area (Å²) < 4.78 is 5.12. The summed E-state index contributed by atoms with van der Waals surface area (Å²) in [6, 6.07) is 3.31. The molecule has 1 rings (SSSR count). The van der Waals surface area contributed by atoms with Crippen LogP contribution >= 0.6 is 0 Å². The molecule has 0 unspecified atom stereocenters. The van der Waals surface area contributed by atoms with E-state index in [2.05, 4.69) is 23.7 Å². The lowest BCUT2D eigenvalue weighted by Crippen LogP contribution is -1.73. The maximum Gasteiger partial charge on any atom is 0.178 e. The number of hydrogen-bond acceptors (Lipinski definition) is 3. The Morgan fingerprint density at radius 1 is 1.00 bits per heavy atom. The van der Waals surface area contributed by atoms with Gasteiger partial charge in [0.15, 0.2) is 11.5 Å². The number of rotatable bonds is 0. The molecule has 66 valence electrons. The van der Waals surface area contributed by atoms with Gasteiger partial charge in [-0.2, -0.15) is 0 Å². The summed E-state index contributed by atoms with van der Waals surface area (Å²) in [6.07, 6.45) is 0. The summed E-state index contributed by atoms with van der Waals surface area (Å²) in [7, 11) is 0. The SMILES string of the molecule is OCC#Cc1ccc(C#CCO)o1. The molecule has 0 atom stereocenters. The predicted molar refractivity (Wildman–Crippen MR) is 46.6 cm³/mol. The molecule has 0 amide bonds. The Hall–Kier alpha value is -1.68. The molecule has 1 heterocycles. The van der Waals surface area contributed by atoms with Gasteiger partial charge in [-0.1, -0.05) is 11.8 Å². The van der Waals surface area contributed by atoms with Gasteiger partial charge in [0, 0.05) is 0 Å². The first-order valence-corrected chi connectivity index (χ1v) is 3.66. The third kappa shape index (κ3) is 3.04. The standard InChI is InChI=1S/C10H8O3/c11-7-1-3-9-5-6-10(13-9)4-2-8-12/h5-6,11-12H,7-8H2. The monoisotopic (exact) mass is 176 g/mol. The van der Waals surface area contributed by atoms with Crippen LogP contribution in [-0.4, -0.2) is 23.4 Å². The van der Waals surface area contributed by atoms with Crippen molar-refractivity contribution >= 4 is 0 Å². The maximum absolute atomic E-state index is 8.40. The first-order valence-electron chi connectivity index (χ1n) is 3.66. The van der Waals surface area contributed by atoms with Crippen LogP contribution in [0.1, 0.15) is 11.5 Å². The van der Waals surface area contributed by atoms with E-state index in [4.69, 9.17) is 14.6 Å². The quantitative estimate of drug-likeness (QED) is 0.546. The molecule has 2 N–H and O–H groups in total. The second kappa shape index (κ2) is 5.05. The van der Waals surface area contributed by atoms with E-state index in [0.29, 0.717) is 11.5 Å². The summed E-state index contributed by atoms with van der Waals surface area (Å²) in [5.41, 5.74) is 0. The Kier molecular flexibility index (Phi) is 3.66. The minimum absolute atomic E-state index is 0.196. The fraction of sp³-hybridized carbons (Fsp3) is 0.200. The van der Waals surface area contributed by atoms with Gasteiger partial charge in [-0.25, -0.2) is 0 Å². The van der Waals surface area contributed by atoms with E-state index in [1.54, 1.807) is 12.1 Å². The second-order valence-electron chi connectivity index (χ2n) is 2.08. The van der Waals surface area contributed by atoms with Crippen molar-refractivity contribution in [2.45, 2.75) is 0 Å². The Labute approximate surface area is 76.0 Å².